The zero-order valence-corrected chi connectivity index (χ0v) is 13.3. The summed E-state index contributed by atoms with van der Waals surface area (Å²) in [4.78, 5) is 0.220. The van der Waals surface area contributed by atoms with Gasteiger partial charge in [0.1, 0.15) is 11.5 Å². The van der Waals surface area contributed by atoms with E-state index >= 15 is 0 Å². The minimum atomic E-state index is -3.26. The predicted octanol–water partition coefficient (Wildman–Crippen LogP) is 3.26. The van der Waals surface area contributed by atoms with E-state index in [1.165, 1.54) is 12.1 Å². The molecule has 4 nitrogen and oxygen atoms in total. The molecule has 0 atom stereocenters. The highest BCUT2D eigenvalue weighted by atomic mass is 35.5. The third kappa shape index (κ3) is 3.97. The molecule has 2 rings (SSSR count). The van der Waals surface area contributed by atoms with Gasteiger partial charge in [-0.25, -0.2) is 8.42 Å². The fourth-order valence-electron chi connectivity index (χ4n) is 1.88. The van der Waals surface area contributed by atoms with E-state index < -0.39 is 9.84 Å². The van der Waals surface area contributed by atoms with Crippen LogP contribution in [0, 0.1) is 0 Å². The van der Waals surface area contributed by atoms with Gasteiger partial charge < -0.3 is 10.1 Å². The molecular weight excluding hydrogens is 310 g/mol. The molecule has 0 heterocycles. The van der Waals surface area contributed by atoms with Crippen LogP contribution in [0.25, 0.3) is 0 Å². The van der Waals surface area contributed by atoms with Crippen LogP contribution in [0.3, 0.4) is 0 Å². The van der Waals surface area contributed by atoms with Crippen LogP contribution in [0.15, 0.2) is 47.4 Å². The van der Waals surface area contributed by atoms with Gasteiger partial charge in [-0.1, -0.05) is 23.7 Å². The van der Waals surface area contributed by atoms with Crippen molar-refractivity contribution < 1.29 is 13.2 Å². The quantitative estimate of drug-likeness (QED) is 0.916. The molecule has 0 bridgehead atoms. The Labute approximate surface area is 129 Å². The number of benzene rings is 2. The maximum absolute atomic E-state index is 11.6. The Bertz CT molecular complexity index is 744. The van der Waals surface area contributed by atoms with Gasteiger partial charge in [-0.05, 0) is 37.4 Å². The molecule has 0 aliphatic heterocycles. The normalized spacial score (nSPS) is 11.4. The molecule has 0 spiro atoms. The van der Waals surface area contributed by atoms with E-state index in [1.807, 2.05) is 7.05 Å². The fourth-order valence-corrected chi connectivity index (χ4v) is 2.77. The molecule has 1 N–H and O–H groups in total. The highest BCUT2D eigenvalue weighted by Gasteiger charge is 2.11. The third-order valence-electron chi connectivity index (χ3n) is 2.89. The molecule has 0 aliphatic rings. The van der Waals surface area contributed by atoms with Crippen molar-refractivity contribution in [2.75, 3.05) is 13.3 Å². The maximum atomic E-state index is 11.6. The van der Waals surface area contributed by atoms with Crippen molar-refractivity contribution in [3.8, 4) is 11.5 Å². The molecule has 0 fully saturated rings. The van der Waals surface area contributed by atoms with E-state index in [0.29, 0.717) is 23.1 Å². The summed E-state index contributed by atoms with van der Waals surface area (Å²) >= 11 is 6.16. The molecule has 0 radical (unpaired) electrons. The number of hydrogen-bond donors (Lipinski definition) is 1. The van der Waals surface area contributed by atoms with E-state index in [0.717, 1.165) is 11.8 Å². The zero-order chi connectivity index (χ0) is 15.5. The second-order valence-electron chi connectivity index (χ2n) is 4.60. The number of sulfone groups is 1. The van der Waals surface area contributed by atoms with Crippen molar-refractivity contribution in [1.82, 2.24) is 5.32 Å². The molecule has 0 saturated heterocycles. The molecule has 0 unspecified atom stereocenters. The lowest BCUT2D eigenvalue weighted by Gasteiger charge is -2.13. The van der Waals surface area contributed by atoms with E-state index in [-0.39, 0.29) is 4.90 Å². The van der Waals surface area contributed by atoms with Gasteiger partial charge in [0.2, 0.25) is 0 Å². The molecule has 2 aromatic rings. The monoisotopic (exact) mass is 325 g/mol. The first-order chi connectivity index (χ1) is 9.91. The van der Waals surface area contributed by atoms with Crippen LogP contribution >= 0.6 is 11.6 Å². The largest absolute Gasteiger partial charge is 0.457 e. The van der Waals surface area contributed by atoms with Crippen molar-refractivity contribution in [2.24, 2.45) is 0 Å². The van der Waals surface area contributed by atoms with Crippen molar-refractivity contribution in [1.29, 1.82) is 0 Å². The topological polar surface area (TPSA) is 55.4 Å². The molecule has 0 saturated carbocycles. The summed E-state index contributed by atoms with van der Waals surface area (Å²) in [5.74, 6) is 1.06. The van der Waals surface area contributed by atoms with Gasteiger partial charge in [0.15, 0.2) is 9.84 Å². The number of rotatable bonds is 5. The molecule has 21 heavy (non-hydrogen) atoms. The Kier molecular flexibility index (Phi) is 4.88. The average molecular weight is 326 g/mol. The molecule has 6 heteroatoms. The summed E-state index contributed by atoms with van der Waals surface area (Å²) in [6, 6.07) is 11.8. The Morgan fingerprint density at radius 3 is 2.57 bits per heavy atom. The van der Waals surface area contributed by atoms with Crippen molar-refractivity contribution in [3.05, 3.63) is 53.1 Å². The Morgan fingerprint density at radius 2 is 1.90 bits per heavy atom. The van der Waals surface area contributed by atoms with Crippen LogP contribution in [0.2, 0.25) is 5.02 Å². The van der Waals surface area contributed by atoms with Gasteiger partial charge in [0, 0.05) is 23.4 Å². The Morgan fingerprint density at radius 1 is 1.19 bits per heavy atom. The first kappa shape index (κ1) is 15.8. The van der Waals surface area contributed by atoms with Crippen LogP contribution in [-0.4, -0.2) is 21.7 Å². The summed E-state index contributed by atoms with van der Waals surface area (Å²) in [5, 5.41) is 3.62. The maximum Gasteiger partial charge on any atom is 0.175 e. The van der Waals surface area contributed by atoms with Gasteiger partial charge in [0.25, 0.3) is 0 Å². The average Bonchev–Trinajstić information content (AvgIpc) is 2.42. The standard InChI is InChI=1S/C15H16ClNO3S/c1-17-10-13-14(16)7-4-8-15(13)20-11-5-3-6-12(9-11)21(2,18)19/h3-9,17H,10H2,1-2H3. The van der Waals surface area contributed by atoms with Crippen LogP contribution < -0.4 is 10.1 Å². The van der Waals surface area contributed by atoms with E-state index in [2.05, 4.69) is 5.32 Å². The molecule has 0 aromatic heterocycles. The lowest BCUT2D eigenvalue weighted by molar-refractivity contribution is 0.472. The van der Waals surface area contributed by atoms with E-state index in [1.54, 1.807) is 30.3 Å². The number of hydrogen-bond acceptors (Lipinski definition) is 4. The Balaban J connectivity index is 2.37. The first-order valence-electron chi connectivity index (χ1n) is 6.32. The lowest BCUT2D eigenvalue weighted by Crippen LogP contribution is -2.07. The number of halogens is 1. The van der Waals surface area contributed by atoms with Gasteiger partial charge in [-0.3, -0.25) is 0 Å². The van der Waals surface area contributed by atoms with Gasteiger partial charge >= 0.3 is 0 Å². The number of nitrogens with one attached hydrogen (secondary N) is 1. The third-order valence-corrected chi connectivity index (χ3v) is 4.36. The molecule has 112 valence electrons. The SMILES string of the molecule is CNCc1c(Cl)cccc1Oc1cccc(S(C)(=O)=O)c1. The molecular formula is C15H16ClNO3S. The van der Waals surface area contributed by atoms with Crippen LogP contribution in [0.4, 0.5) is 0 Å². The summed E-state index contributed by atoms with van der Waals surface area (Å²) in [6.45, 7) is 0.556. The zero-order valence-electron chi connectivity index (χ0n) is 11.8. The summed E-state index contributed by atoms with van der Waals surface area (Å²) in [6.07, 6.45) is 1.16. The summed E-state index contributed by atoms with van der Waals surface area (Å²) in [5.41, 5.74) is 0.825. The van der Waals surface area contributed by atoms with E-state index in [4.69, 9.17) is 16.3 Å². The van der Waals surface area contributed by atoms with Crippen LogP contribution in [0.1, 0.15) is 5.56 Å². The van der Waals surface area contributed by atoms with Crippen molar-refractivity contribution in [2.45, 2.75) is 11.4 Å². The Hall–Kier alpha value is -1.56. The van der Waals surface area contributed by atoms with Crippen molar-refractivity contribution >= 4 is 21.4 Å². The summed E-state index contributed by atoms with van der Waals surface area (Å²) < 4.78 is 28.9. The first-order valence-corrected chi connectivity index (χ1v) is 8.58. The van der Waals surface area contributed by atoms with Gasteiger partial charge in [-0.15, -0.1) is 0 Å². The predicted molar refractivity (Wildman–Crippen MR) is 83.8 cm³/mol. The highest BCUT2D eigenvalue weighted by Crippen LogP contribution is 2.31. The highest BCUT2D eigenvalue weighted by molar-refractivity contribution is 7.90. The second-order valence-corrected chi connectivity index (χ2v) is 7.02. The summed E-state index contributed by atoms with van der Waals surface area (Å²) in [7, 11) is -1.45. The number of ether oxygens (including phenoxy) is 1. The van der Waals surface area contributed by atoms with Crippen LogP contribution in [0.5, 0.6) is 11.5 Å². The smallest absolute Gasteiger partial charge is 0.175 e. The minimum absolute atomic E-state index is 0.220. The fraction of sp³-hybridized carbons (Fsp3) is 0.200. The van der Waals surface area contributed by atoms with E-state index in [9.17, 15) is 8.42 Å². The van der Waals surface area contributed by atoms with Crippen molar-refractivity contribution in [3.63, 3.8) is 0 Å². The second kappa shape index (κ2) is 6.47. The molecule has 0 amide bonds. The minimum Gasteiger partial charge on any atom is -0.457 e. The lowest BCUT2D eigenvalue weighted by atomic mass is 10.2. The van der Waals surface area contributed by atoms with Gasteiger partial charge in [0.05, 0.1) is 4.90 Å². The van der Waals surface area contributed by atoms with Crippen LogP contribution in [-0.2, 0) is 16.4 Å². The molecule has 0 aliphatic carbocycles. The molecule has 2 aromatic carbocycles. The van der Waals surface area contributed by atoms with Gasteiger partial charge in [-0.2, -0.15) is 0 Å².